The lowest BCUT2D eigenvalue weighted by molar-refractivity contribution is 0.0532. The molecule has 2 N–H and O–H groups in total. The van der Waals surface area contributed by atoms with Crippen LogP contribution in [0.3, 0.4) is 0 Å². The number of aromatic nitrogens is 1. The lowest BCUT2D eigenvalue weighted by Gasteiger charge is -2.33. The predicted octanol–water partition coefficient (Wildman–Crippen LogP) is 0.765. The minimum atomic E-state index is 0.299. The first kappa shape index (κ1) is 10.4. The molecule has 82 valence electrons. The maximum atomic E-state index is 5.57. The predicted molar refractivity (Wildman–Crippen MR) is 59.8 cm³/mol. The van der Waals surface area contributed by atoms with Crippen LogP contribution in [0, 0.1) is 0 Å². The summed E-state index contributed by atoms with van der Waals surface area (Å²) in [5, 5.41) is 0. The number of hydrogen-bond donors (Lipinski definition) is 1. The van der Waals surface area contributed by atoms with Gasteiger partial charge in [-0.05, 0) is 19.1 Å². The third kappa shape index (κ3) is 2.46. The van der Waals surface area contributed by atoms with Crippen LogP contribution in [-0.4, -0.2) is 30.8 Å². The summed E-state index contributed by atoms with van der Waals surface area (Å²) < 4.78 is 5.50. The molecule has 1 atom stereocenters. The molecule has 0 spiro atoms. The van der Waals surface area contributed by atoms with Gasteiger partial charge in [-0.1, -0.05) is 0 Å². The molecule has 0 radical (unpaired) electrons. The molecule has 1 saturated heterocycles. The van der Waals surface area contributed by atoms with Crippen molar-refractivity contribution in [2.24, 2.45) is 5.73 Å². The van der Waals surface area contributed by atoms with E-state index < -0.39 is 0 Å². The number of nitrogens with two attached hydrogens (primary N) is 1. The highest BCUT2D eigenvalue weighted by Crippen LogP contribution is 2.17. The number of rotatable bonds is 2. The van der Waals surface area contributed by atoms with Crippen LogP contribution >= 0.6 is 0 Å². The highest BCUT2D eigenvalue weighted by molar-refractivity contribution is 5.47. The first-order chi connectivity index (χ1) is 7.29. The number of pyridine rings is 1. The Kier molecular flexibility index (Phi) is 3.18. The van der Waals surface area contributed by atoms with Gasteiger partial charge in [0, 0.05) is 31.5 Å². The van der Waals surface area contributed by atoms with Gasteiger partial charge < -0.3 is 15.4 Å². The summed E-state index contributed by atoms with van der Waals surface area (Å²) in [6, 6.07) is 4.08. The van der Waals surface area contributed by atoms with Crippen LogP contribution in [0.4, 0.5) is 5.69 Å². The molecule has 0 aliphatic carbocycles. The standard InChI is InChI=1S/C11H17N3O/c1-9-8-14(4-5-15-9)11-2-3-13-10(6-11)7-12/h2-3,6,9H,4-5,7-8,12H2,1H3. The summed E-state index contributed by atoms with van der Waals surface area (Å²) in [5.74, 6) is 0. The van der Waals surface area contributed by atoms with E-state index in [0.717, 1.165) is 25.4 Å². The Hall–Kier alpha value is -1.13. The average Bonchev–Trinajstić information content (AvgIpc) is 2.29. The molecule has 1 aliphatic rings. The highest BCUT2D eigenvalue weighted by atomic mass is 16.5. The van der Waals surface area contributed by atoms with Crippen molar-refractivity contribution in [3.63, 3.8) is 0 Å². The van der Waals surface area contributed by atoms with Crippen molar-refractivity contribution in [2.75, 3.05) is 24.6 Å². The van der Waals surface area contributed by atoms with Gasteiger partial charge in [-0.25, -0.2) is 0 Å². The molecule has 1 fully saturated rings. The van der Waals surface area contributed by atoms with Crippen LogP contribution in [0.25, 0.3) is 0 Å². The van der Waals surface area contributed by atoms with Crippen molar-refractivity contribution in [3.8, 4) is 0 Å². The Labute approximate surface area is 90.0 Å². The van der Waals surface area contributed by atoms with Crippen molar-refractivity contribution >= 4 is 5.69 Å². The van der Waals surface area contributed by atoms with Crippen molar-refractivity contribution in [1.82, 2.24) is 4.98 Å². The van der Waals surface area contributed by atoms with E-state index in [0.29, 0.717) is 12.6 Å². The molecular weight excluding hydrogens is 190 g/mol. The van der Waals surface area contributed by atoms with E-state index in [1.165, 1.54) is 5.69 Å². The van der Waals surface area contributed by atoms with Crippen LogP contribution in [-0.2, 0) is 11.3 Å². The molecule has 2 rings (SSSR count). The summed E-state index contributed by atoms with van der Waals surface area (Å²) in [6.07, 6.45) is 2.12. The number of ether oxygens (including phenoxy) is 1. The zero-order valence-corrected chi connectivity index (χ0v) is 9.02. The maximum Gasteiger partial charge on any atom is 0.0722 e. The first-order valence-corrected chi connectivity index (χ1v) is 5.31. The van der Waals surface area contributed by atoms with Crippen LogP contribution in [0.1, 0.15) is 12.6 Å². The third-order valence-electron chi connectivity index (χ3n) is 2.62. The smallest absolute Gasteiger partial charge is 0.0722 e. The van der Waals surface area contributed by atoms with Crippen LogP contribution < -0.4 is 10.6 Å². The van der Waals surface area contributed by atoms with Crippen molar-refractivity contribution in [2.45, 2.75) is 19.6 Å². The zero-order valence-electron chi connectivity index (χ0n) is 9.02. The Morgan fingerprint density at radius 1 is 1.67 bits per heavy atom. The molecule has 1 aromatic heterocycles. The summed E-state index contributed by atoms with van der Waals surface area (Å²) in [4.78, 5) is 6.50. The highest BCUT2D eigenvalue weighted by Gasteiger charge is 2.16. The third-order valence-corrected chi connectivity index (χ3v) is 2.62. The van der Waals surface area contributed by atoms with Gasteiger partial charge >= 0.3 is 0 Å². The van der Waals surface area contributed by atoms with Gasteiger partial charge in [0.25, 0.3) is 0 Å². The maximum absolute atomic E-state index is 5.57. The second kappa shape index (κ2) is 4.59. The Balaban J connectivity index is 2.13. The van der Waals surface area contributed by atoms with Gasteiger partial charge in [-0.3, -0.25) is 4.98 Å². The molecular formula is C11H17N3O. The SMILES string of the molecule is CC1CN(c2ccnc(CN)c2)CCO1. The minimum Gasteiger partial charge on any atom is -0.375 e. The Morgan fingerprint density at radius 2 is 2.53 bits per heavy atom. The lowest BCUT2D eigenvalue weighted by Crippen LogP contribution is -2.41. The molecule has 1 aliphatic heterocycles. The van der Waals surface area contributed by atoms with E-state index in [1.807, 2.05) is 12.3 Å². The van der Waals surface area contributed by atoms with E-state index in [2.05, 4.69) is 22.9 Å². The Bertz CT molecular complexity index is 329. The first-order valence-electron chi connectivity index (χ1n) is 5.31. The molecule has 4 heteroatoms. The van der Waals surface area contributed by atoms with Crippen molar-refractivity contribution < 1.29 is 4.74 Å². The topological polar surface area (TPSA) is 51.4 Å². The fraction of sp³-hybridized carbons (Fsp3) is 0.545. The molecule has 1 aromatic rings. The van der Waals surface area contributed by atoms with Crippen LogP contribution in [0.2, 0.25) is 0 Å². The van der Waals surface area contributed by atoms with Crippen molar-refractivity contribution in [3.05, 3.63) is 24.0 Å². The van der Waals surface area contributed by atoms with E-state index in [4.69, 9.17) is 10.5 Å². The molecule has 0 saturated carbocycles. The quantitative estimate of drug-likeness (QED) is 0.778. The molecule has 15 heavy (non-hydrogen) atoms. The van der Waals surface area contributed by atoms with Gasteiger partial charge in [0.1, 0.15) is 0 Å². The number of nitrogens with zero attached hydrogens (tertiary/aromatic N) is 2. The molecule has 2 heterocycles. The van der Waals surface area contributed by atoms with E-state index in [9.17, 15) is 0 Å². The van der Waals surface area contributed by atoms with Gasteiger partial charge in [0.2, 0.25) is 0 Å². The number of morpholine rings is 1. The lowest BCUT2D eigenvalue weighted by atomic mass is 10.2. The van der Waals surface area contributed by atoms with Gasteiger partial charge in [-0.2, -0.15) is 0 Å². The van der Waals surface area contributed by atoms with E-state index in [-0.39, 0.29) is 0 Å². The van der Waals surface area contributed by atoms with E-state index in [1.54, 1.807) is 0 Å². The summed E-state index contributed by atoms with van der Waals surface area (Å²) >= 11 is 0. The molecule has 0 amide bonds. The summed E-state index contributed by atoms with van der Waals surface area (Å²) in [6.45, 7) is 5.26. The minimum absolute atomic E-state index is 0.299. The van der Waals surface area contributed by atoms with Crippen LogP contribution in [0.15, 0.2) is 18.3 Å². The fourth-order valence-corrected chi connectivity index (χ4v) is 1.83. The van der Waals surface area contributed by atoms with Crippen LogP contribution in [0.5, 0.6) is 0 Å². The second-order valence-electron chi connectivity index (χ2n) is 3.84. The normalized spacial score (nSPS) is 21.7. The second-order valence-corrected chi connectivity index (χ2v) is 3.84. The largest absolute Gasteiger partial charge is 0.375 e. The molecule has 1 unspecified atom stereocenters. The zero-order chi connectivity index (χ0) is 10.7. The number of hydrogen-bond acceptors (Lipinski definition) is 4. The Morgan fingerprint density at radius 3 is 3.27 bits per heavy atom. The van der Waals surface area contributed by atoms with Crippen molar-refractivity contribution in [1.29, 1.82) is 0 Å². The molecule has 0 bridgehead atoms. The monoisotopic (exact) mass is 207 g/mol. The van der Waals surface area contributed by atoms with E-state index >= 15 is 0 Å². The molecule has 0 aromatic carbocycles. The molecule has 4 nitrogen and oxygen atoms in total. The average molecular weight is 207 g/mol. The summed E-state index contributed by atoms with van der Waals surface area (Å²) in [7, 11) is 0. The number of anilines is 1. The van der Waals surface area contributed by atoms with Gasteiger partial charge in [0.05, 0.1) is 18.4 Å². The van der Waals surface area contributed by atoms with Gasteiger partial charge in [-0.15, -0.1) is 0 Å². The van der Waals surface area contributed by atoms with Gasteiger partial charge in [0.15, 0.2) is 0 Å². The fourth-order valence-electron chi connectivity index (χ4n) is 1.83. The summed E-state index contributed by atoms with van der Waals surface area (Å²) in [5.41, 5.74) is 7.70.